The van der Waals surface area contributed by atoms with Crippen molar-refractivity contribution in [2.45, 2.75) is 13.8 Å². The first-order valence-corrected chi connectivity index (χ1v) is 9.39. The van der Waals surface area contributed by atoms with Crippen LogP contribution in [0.3, 0.4) is 0 Å². The van der Waals surface area contributed by atoms with E-state index in [1.807, 2.05) is 38.9 Å². The minimum Gasteiger partial charge on any atom is -0.497 e. The summed E-state index contributed by atoms with van der Waals surface area (Å²) in [5, 5.41) is 5.76. The van der Waals surface area contributed by atoms with Gasteiger partial charge < -0.3 is 25.0 Å². The van der Waals surface area contributed by atoms with Crippen LogP contribution in [-0.4, -0.2) is 46.7 Å². The van der Waals surface area contributed by atoms with Gasteiger partial charge in [0.2, 0.25) is 0 Å². The Morgan fingerprint density at radius 2 is 1.69 bits per heavy atom. The lowest BCUT2D eigenvalue weighted by atomic mass is 10.1. The molecule has 2 aromatic carbocycles. The fourth-order valence-corrected chi connectivity index (χ4v) is 2.76. The van der Waals surface area contributed by atoms with Crippen molar-refractivity contribution in [2.24, 2.45) is 5.92 Å². The lowest BCUT2D eigenvalue weighted by Crippen LogP contribution is -2.29. The number of carbonyl (C=O) groups is 2. The second-order valence-corrected chi connectivity index (χ2v) is 7.25. The third-order valence-corrected chi connectivity index (χ3v) is 4.31. The third kappa shape index (κ3) is 5.63. The van der Waals surface area contributed by atoms with E-state index in [2.05, 4.69) is 10.6 Å². The van der Waals surface area contributed by atoms with Crippen LogP contribution in [-0.2, 0) is 0 Å². The van der Waals surface area contributed by atoms with Gasteiger partial charge in [0.25, 0.3) is 11.8 Å². The molecule has 0 spiro atoms. The highest BCUT2D eigenvalue weighted by atomic mass is 16.5. The molecule has 7 heteroatoms. The SMILES string of the molecule is COc1ccc(C(=O)Nc2ccc(N(C)C)c(C(=O)NCC(C)C)c2)c(OC)c1. The number of anilines is 2. The maximum atomic E-state index is 12.8. The summed E-state index contributed by atoms with van der Waals surface area (Å²) in [5.74, 6) is 0.822. The highest BCUT2D eigenvalue weighted by molar-refractivity contribution is 6.07. The summed E-state index contributed by atoms with van der Waals surface area (Å²) in [6.45, 7) is 4.64. The molecule has 0 aliphatic rings. The minimum absolute atomic E-state index is 0.180. The summed E-state index contributed by atoms with van der Waals surface area (Å²) in [4.78, 5) is 27.3. The largest absolute Gasteiger partial charge is 0.497 e. The molecule has 0 unspecified atom stereocenters. The van der Waals surface area contributed by atoms with E-state index in [4.69, 9.17) is 9.47 Å². The van der Waals surface area contributed by atoms with E-state index in [0.717, 1.165) is 5.69 Å². The quantitative estimate of drug-likeness (QED) is 0.711. The Labute approximate surface area is 172 Å². The number of carbonyl (C=O) groups excluding carboxylic acids is 2. The van der Waals surface area contributed by atoms with Crippen LogP contribution in [0.1, 0.15) is 34.6 Å². The Bertz CT molecular complexity index is 878. The lowest BCUT2D eigenvalue weighted by Gasteiger charge is -2.19. The van der Waals surface area contributed by atoms with E-state index in [-0.39, 0.29) is 11.8 Å². The molecule has 0 radical (unpaired) electrons. The molecule has 0 aliphatic carbocycles. The number of methoxy groups -OCH3 is 2. The molecule has 0 bridgehead atoms. The molecule has 7 nitrogen and oxygen atoms in total. The number of rotatable bonds is 8. The van der Waals surface area contributed by atoms with Gasteiger partial charge in [-0.1, -0.05) is 13.8 Å². The summed E-state index contributed by atoms with van der Waals surface area (Å²) in [6, 6.07) is 10.2. The maximum Gasteiger partial charge on any atom is 0.259 e. The van der Waals surface area contributed by atoms with Gasteiger partial charge in [0.1, 0.15) is 11.5 Å². The summed E-state index contributed by atoms with van der Waals surface area (Å²) in [5.41, 5.74) is 2.16. The van der Waals surface area contributed by atoms with E-state index < -0.39 is 0 Å². The Kier molecular flexibility index (Phi) is 7.47. The summed E-state index contributed by atoms with van der Waals surface area (Å²) in [7, 11) is 6.78. The number of nitrogens with one attached hydrogen (secondary N) is 2. The first-order valence-electron chi connectivity index (χ1n) is 9.39. The smallest absolute Gasteiger partial charge is 0.259 e. The molecule has 29 heavy (non-hydrogen) atoms. The van der Waals surface area contributed by atoms with Crippen molar-refractivity contribution in [2.75, 3.05) is 45.1 Å². The zero-order valence-corrected chi connectivity index (χ0v) is 17.8. The van der Waals surface area contributed by atoms with Crippen molar-refractivity contribution in [1.29, 1.82) is 0 Å². The lowest BCUT2D eigenvalue weighted by molar-refractivity contribution is 0.0948. The van der Waals surface area contributed by atoms with Crippen LogP contribution >= 0.6 is 0 Å². The highest BCUT2D eigenvalue weighted by Gasteiger charge is 2.17. The van der Waals surface area contributed by atoms with Gasteiger partial charge in [-0.05, 0) is 36.2 Å². The van der Waals surface area contributed by atoms with E-state index in [1.165, 1.54) is 7.11 Å². The van der Waals surface area contributed by atoms with Gasteiger partial charge in [0.15, 0.2) is 0 Å². The number of ether oxygens (including phenoxy) is 2. The van der Waals surface area contributed by atoms with Crippen molar-refractivity contribution >= 4 is 23.2 Å². The standard InChI is InChI=1S/C22H29N3O4/c1-14(2)13-23-21(26)18-11-15(7-10-19(18)25(3)4)24-22(27)17-9-8-16(28-5)12-20(17)29-6/h7-12,14H,13H2,1-6H3,(H,23,26)(H,24,27). The first kappa shape index (κ1) is 22.1. The number of hydrogen-bond donors (Lipinski definition) is 2. The summed E-state index contributed by atoms with van der Waals surface area (Å²) < 4.78 is 10.5. The van der Waals surface area contributed by atoms with Crippen LogP contribution in [0.4, 0.5) is 11.4 Å². The zero-order valence-electron chi connectivity index (χ0n) is 17.8. The van der Waals surface area contributed by atoms with Crippen LogP contribution in [0.25, 0.3) is 0 Å². The minimum atomic E-state index is -0.337. The monoisotopic (exact) mass is 399 g/mol. The van der Waals surface area contributed by atoms with Crippen molar-refractivity contribution < 1.29 is 19.1 Å². The zero-order chi connectivity index (χ0) is 21.6. The van der Waals surface area contributed by atoms with E-state index >= 15 is 0 Å². The van der Waals surface area contributed by atoms with Crippen LogP contribution in [0, 0.1) is 5.92 Å². The van der Waals surface area contributed by atoms with Crippen LogP contribution < -0.4 is 25.0 Å². The van der Waals surface area contributed by atoms with Gasteiger partial charge in [-0.2, -0.15) is 0 Å². The molecule has 2 N–H and O–H groups in total. The average molecular weight is 399 g/mol. The van der Waals surface area contributed by atoms with Crippen LogP contribution in [0.5, 0.6) is 11.5 Å². The third-order valence-electron chi connectivity index (χ3n) is 4.31. The van der Waals surface area contributed by atoms with Crippen molar-refractivity contribution in [3.63, 3.8) is 0 Å². The molecule has 0 aromatic heterocycles. The second kappa shape index (κ2) is 9.82. The second-order valence-electron chi connectivity index (χ2n) is 7.25. The topological polar surface area (TPSA) is 79.9 Å². The van der Waals surface area contributed by atoms with Gasteiger partial charge in [-0.15, -0.1) is 0 Å². The Hall–Kier alpha value is -3.22. The number of benzene rings is 2. The fourth-order valence-electron chi connectivity index (χ4n) is 2.76. The summed E-state index contributed by atoms with van der Waals surface area (Å²) >= 11 is 0. The Morgan fingerprint density at radius 3 is 2.28 bits per heavy atom. The molecule has 2 aromatic rings. The molecule has 2 amide bonds. The van der Waals surface area contributed by atoms with E-state index in [0.29, 0.717) is 40.8 Å². The van der Waals surface area contributed by atoms with E-state index in [1.54, 1.807) is 37.4 Å². The van der Waals surface area contributed by atoms with Crippen LogP contribution in [0.2, 0.25) is 0 Å². The molecular weight excluding hydrogens is 370 g/mol. The van der Waals surface area contributed by atoms with E-state index in [9.17, 15) is 9.59 Å². The van der Waals surface area contributed by atoms with Gasteiger partial charge in [0.05, 0.1) is 25.3 Å². The first-order chi connectivity index (χ1) is 13.8. The van der Waals surface area contributed by atoms with Crippen molar-refractivity contribution in [1.82, 2.24) is 5.32 Å². The fraction of sp³-hybridized carbons (Fsp3) is 0.364. The normalized spacial score (nSPS) is 10.4. The van der Waals surface area contributed by atoms with Crippen molar-refractivity contribution in [3.05, 3.63) is 47.5 Å². The predicted octanol–water partition coefficient (Wildman–Crippen LogP) is 3.41. The predicted molar refractivity (Wildman–Crippen MR) is 115 cm³/mol. The van der Waals surface area contributed by atoms with Gasteiger partial charge >= 0.3 is 0 Å². The Balaban J connectivity index is 2.30. The molecule has 2 rings (SSSR count). The average Bonchev–Trinajstić information content (AvgIpc) is 2.70. The van der Waals surface area contributed by atoms with Crippen molar-refractivity contribution in [3.8, 4) is 11.5 Å². The molecule has 0 fully saturated rings. The number of amides is 2. The highest BCUT2D eigenvalue weighted by Crippen LogP contribution is 2.27. The molecule has 156 valence electrons. The number of hydrogen-bond acceptors (Lipinski definition) is 5. The Morgan fingerprint density at radius 1 is 0.966 bits per heavy atom. The van der Waals surface area contributed by atoms with Gasteiger partial charge in [0, 0.05) is 38.1 Å². The molecule has 0 saturated heterocycles. The number of nitrogens with zero attached hydrogens (tertiary/aromatic N) is 1. The molecular formula is C22H29N3O4. The molecule has 0 aliphatic heterocycles. The maximum absolute atomic E-state index is 12.8. The van der Waals surface area contributed by atoms with Crippen LogP contribution in [0.15, 0.2) is 36.4 Å². The molecule has 0 saturated carbocycles. The van der Waals surface area contributed by atoms with Gasteiger partial charge in [-0.3, -0.25) is 9.59 Å². The molecule has 0 atom stereocenters. The van der Waals surface area contributed by atoms with Gasteiger partial charge in [-0.25, -0.2) is 0 Å². The molecule has 0 heterocycles. The summed E-state index contributed by atoms with van der Waals surface area (Å²) in [6.07, 6.45) is 0.